The van der Waals surface area contributed by atoms with Crippen molar-refractivity contribution in [2.45, 2.75) is 6.04 Å². The number of benzene rings is 1. The number of nitrogens with zero attached hydrogens (tertiary/aromatic N) is 4. The molecule has 0 atom stereocenters. The molecule has 0 unspecified atom stereocenters. The smallest absolute Gasteiger partial charge is 0.360 e. The second-order valence-corrected chi connectivity index (χ2v) is 7.19. The number of aromatic nitrogens is 2. The Morgan fingerprint density at radius 3 is 2.62 bits per heavy atom. The molecular weight excluding hydrogens is 398 g/mol. The van der Waals surface area contributed by atoms with Crippen LogP contribution in [0.5, 0.6) is 0 Å². The van der Waals surface area contributed by atoms with Gasteiger partial charge in [0.1, 0.15) is 0 Å². The Kier molecular flexibility index (Phi) is 5.61. The third-order valence-corrected chi connectivity index (χ3v) is 5.17. The summed E-state index contributed by atoms with van der Waals surface area (Å²) in [6.07, 6.45) is 0. The van der Waals surface area contributed by atoms with Gasteiger partial charge >= 0.3 is 5.97 Å². The number of anilines is 3. The molecule has 9 nitrogen and oxygen atoms in total. The molecule has 0 aliphatic carbocycles. The van der Waals surface area contributed by atoms with Crippen LogP contribution in [0.15, 0.2) is 30.3 Å². The molecule has 3 heterocycles. The van der Waals surface area contributed by atoms with E-state index in [0.717, 1.165) is 12.2 Å². The number of amides is 1. The van der Waals surface area contributed by atoms with Crippen molar-refractivity contribution in [2.24, 2.45) is 0 Å². The summed E-state index contributed by atoms with van der Waals surface area (Å²) < 4.78 is 9.94. The van der Waals surface area contributed by atoms with Gasteiger partial charge in [0, 0.05) is 30.5 Å². The maximum atomic E-state index is 12.6. The minimum atomic E-state index is -0.617. The van der Waals surface area contributed by atoms with E-state index in [1.54, 1.807) is 4.90 Å². The van der Waals surface area contributed by atoms with E-state index in [-0.39, 0.29) is 16.8 Å². The fraction of sp³-hybridized carbons (Fsp3) is 0.368. The Morgan fingerprint density at radius 2 is 2.00 bits per heavy atom. The number of hydrogen-bond donors (Lipinski definition) is 1. The maximum absolute atomic E-state index is 12.6. The third-order valence-electron chi connectivity index (χ3n) is 4.99. The summed E-state index contributed by atoms with van der Waals surface area (Å²) in [5.41, 5.74) is 1.95. The number of ether oxygens (including phenoxy) is 2. The van der Waals surface area contributed by atoms with E-state index in [9.17, 15) is 9.59 Å². The molecule has 0 radical (unpaired) electrons. The van der Waals surface area contributed by atoms with Crippen molar-refractivity contribution in [1.29, 1.82) is 0 Å². The molecule has 0 saturated carbocycles. The monoisotopic (exact) mass is 417 g/mol. The van der Waals surface area contributed by atoms with E-state index >= 15 is 0 Å². The van der Waals surface area contributed by atoms with E-state index in [4.69, 9.17) is 21.1 Å². The molecule has 0 spiro atoms. The molecule has 0 bridgehead atoms. The summed E-state index contributed by atoms with van der Waals surface area (Å²) in [6.45, 7) is 3.27. The van der Waals surface area contributed by atoms with Crippen molar-refractivity contribution < 1.29 is 19.1 Å². The van der Waals surface area contributed by atoms with Crippen molar-refractivity contribution in [1.82, 2.24) is 15.1 Å². The van der Waals surface area contributed by atoms with Crippen LogP contribution in [0.4, 0.5) is 17.1 Å². The molecule has 2 saturated heterocycles. The third kappa shape index (κ3) is 4.16. The zero-order valence-corrected chi connectivity index (χ0v) is 16.6. The zero-order chi connectivity index (χ0) is 20.4. The SMILES string of the molecule is COC(=O)c1nnc(Cl)cc1Nc1ccc(N2CCN(C3COC3)CC2=O)cc1. The highest BCUT2D eigenvalue weighted by atomic mass is 35.5. The molecular formula is C19H20ClN5O4. The molecule has 10 heteroatoms. The standard InChI is InChI=1S/C19H20ClN5O4/c1-28-19(27)18-15(8-16(20)22-23-18)21-12-2-4-13(5-3-12)25-7-6-24(9-17(25)26)14-10-29-11-14/h2-5,8,14H,6-7,9-11H2,1H3,(H,21,22). The molecule has 1 amide bonds. The van der Waals surface area contributed by atoms with Gasteiger partial charge in [-0.1, -0.05) is 11.6 Å². The number of hydrogen-bond acceptors (Lipinski definition) is 8. The van der Waals surface area contributed by atoms with Crippen LogP contribution < -0.4 is 10.2 Å². The molecule has 1 N–H and O–H groups in total. The highest BCUT2D eigenvalue weighted by Crippen LogP contribution is 2.26. The van der Waals surface area contributed by atoms with Crippen LogP contribution in [0.1, 0.15) is 10.5 Å². The first-order valence-electron chi connectivity index (χ1n) is 9.16. The second kappa shape index (κ2) is 8.32. The lowest BCUT2D eigenvalue weighted by Gasteiger charge is -2.42. The van der Waals surface area contributed by atoms with E-state index in [2.05, 4.69) is 20.4 Å². The lowest BCUT2D eigenvalue weighted by molar-refractivity contribution is -0.127. The van der Waals surface area contributed by atoms with Crippen LogP contribution >= 0.6 is 11.6 Å². The molecule has 2 aromatic rings. The van der Waals surface area contributed by atoms with Gasteiger partial charge < -0.3 is 19.7 Å². The zero-order valence-electron chi connectivity index (χ0n) is 15.8. The fourth-order valence-electron chi connectivity index (χ4n) is 3.30. The summed E-state index contributed by atoms with van der Waals surface area (Å²) in [5, 5.41) is 10.7. The van der Waals surface area contributed by atoms with E-state index < -0.39 is 5.97 Å². The Bertz CT molecular complexity index is 919. The van der Waals surface area contributed by atoms with Gasteiger partial charge in [-0.05, 0) is 24.3 Å². The van der Waals surface area contributed by atoms with Gasteiger partial charge in [0.05, 0.1) is 38.6 Å². The van der Waals surface area contributed by atoms with E-state index in [0.29, 0.717) is 43.7 Å². The van der Waals surface area contributed by atoms with Crippen LogP contribution in [-0.2, 0) is 14.3 Å². The average Bonchev–Trinajstić information content (AvgIpc) is 2.67. The molecule has 2 aliphatic rings. The van der Waals surface area contributed by atoms with Gasteiger partial charge in [0.25, 0.3) is 0 Å². The van der Waals surface area contributed by atoms with Gasteiger partial charge in [-0.2, -0.15) is 0 Å². The van der Waals surface area contributed by atoms with Crippen molar-refractivity contribution in [3.8, 4) is 0 Å². The number of esters is 1. The minimum Gasteiger partial charge on any atom is -0.464 e. The Balaban J connectivity index is 1.46. The van der Waals surface area contributed by atoms with E-state index in [1.165, 1.54) is 13.2 Å². The number of halogens is 1. The summed E-state index contributed by atoms with van der Waals surface area (Å²) >= 11 is 5.90. The number of carbonyl (C=O) groups excluding carboxylic acids is 2. The number of nitrogens with one attached hydrogen (secondary N) is 1. The number of methoxy groups -OCH3 is 1. The maximum Gasteiger partial charge on any atom is 0.360 e. The van der Waals surface area contributed by atoms with Crippen LogP contribution in [-0.4, -0.2) is 73.0 Å². The Labute approximate surface area is 172 Å². The summed E-state index contributed by atoms with van der Waals surface area (Å²) in [5.74, 6) is -0.546. The number of carbonyl (C=O) groups is 2. The molecule has 1 aromatic heterocycles. The Morgan fingerprint density at radius 1 is 1.24 bits per heavy atom. The number of piperazine rings is 1. The fourth-order valence-corrected chi connectivity index (χ4v) is 3.45. The highest BCUT2D eigenvalue weighted by molar-refractivity contribution is 6.29. The summed E-state index contributed by atoms with van der Waals surface area (Å²) in [4.78, 5) is 28.4. The summed E-state index contributed by atoms with van der Waals surface area (Å²) in [7, 11) is 1.27. The van der Waals surface area contributed by atoms with Crippen LogP contribution in [0.2, 0.25) is 5.15 Å². The highest BCUT2D eigenvalue weighted by Gasteiger charge is 2.33. The quantitative estimate of drug-likeness (QED) is 0.734. The Hall–Kier alpha value is -2.75. The molecule has 29 heavy (non-hydrogen) atoms. The van der Waals surface area contributed by atoms with Crippen molar-refractivity contribution in [3.63, 3.8) is 0 Å². The van der Waals surface area contributed by atoms with E-state index in [1.807, 2.05) is 24.3 Å². The first kappa shape index (κ1) is 19.6. The molecule has 4 rings (SSSR count). The number of rotatable bonds is 5. The van der Waals surface area contributed by atoms with Gasteiger partial charge in [-0.3, -0.25) is 9.69 Å². The topological polar surface area (TPSA) is 96.9 Å². The first-order valence-corrected chi connectivity index (χ1v) is 9.53. The largest absolute Gasteiger partial charge is 0.464 e. The van der Waals surface area contributed by atoms with Crippen LogP contribution in [0.3, 0.4) is 0 Å². The van der Waals surface area contributed by atoms with Gasteiger partial charge in [0.2, 0.25) is 5.91 Å². The van der Waals surface area contributed by atoms with Gasteiger partial charge in [-0.25, -0.2) is 4.79 Å². The van der Waals surface area contributed by atoms with Gasteiger partial charge in [-0.15, -0.1) is 10.2 Å². The van der Waals surface area contributed by atoms with Crippen molar-refractivity contribution >= 4 is 40.5 Å². The normalized spacial score (nSPS) is 17.7. The average molecular weight is 418 g/mol. The first-order chi connectivity index (χ1) is 14.0. The molecule has 152 valence electrons. The lowest BCUT2D eigenvalue weighted by atomic mass is 10.1. The van der Waals surface area contributed by atoms with Crippen molar-refractivity contribution in [2.75, 3.05) is 50.2 Å². The van der Waals surface area contributed by atoms with Crippen molar-refractivity contribution in [3.05, 3.63) is 41.2 Å². The molecule has 2 fully saturated rings. The van der Waals surface area contributed by atoms with Gasteiger partial charge in [0.15, 0.2) is 10.8 Å². The predicted octanol–water partition coefficient (Wildman–Crippen LogP) is 1.71. The molecule has 2 aliphatic heterocycles. The minimum absolute atomic E-state index is 0.0345. The van der Waals surface area contributed by atoms with Crippen LogP contribution in [0, 0.1) is 0 Å². The summed E-state index contributed by atoms with van der Waals surface area (Å²) in [6, 6.07) is 9.22. The molecule has 1 aromatic carbocycles. The lowest BCUT2D eigenvalue weighted by Crippen LogP contribution is -2.58. The predicted molar refractivity (Wildman–Crippen MR) is 107 cm³/mol. The second-order valence-electron chi connectivity index (χ2n) is 6.80. The van der Waals surface area contributed by atoms with Crippen LogP contribution in [0.25, 0.3) is 0 Å².